The van der Waals surface area contributed by atoms with E-state index in [9.17, 15) is 17.6 Å². The van der Waals surface area contributed by atoms with E-state index in [-0.39, 0.29) is 19.8 Å². The van der Waals surface area contributed by atoms with E-state index >= 15 is 0 Å². The number of hydrogen-bond acceptors (Lipinski definition) is 3. The zero-order chi connectivity index (χ0) is 21.9. The summed E-state index contributed by atoms with van der Waals surface area (Å²) in [6.45, 7) is 4.99. The standard InChI is InChI=1S/C22H24F4N2O2/c1-4-28(3)14-27-20-10-19(23)18(9-15(20)2)21(12-29-13-21)30-11-16-5-7-17(8-6-16)22(24,25)26/h5-10,14H,4,11-13H2,1-3H3. The molecule has 0 aliphatic carbocycles. The second kappa shape index (κ2) is 8.73. The monoisotopic (exact) mass is 424 g/mol. The fourth-order valence-corrected chi connectivity index (χ4v) is 3.02. The third kappa shape index (κ3) is 4.82. The van der Waals surface area contributed by atoms with Gasteiger partial charge in [0.05, 0.1) is 37.4 Å². The average Bonchev–Trinajstić information content (AvgIpc) is 2.67. The summed E-state index contributed by atoms with van der Waals surface area (Å²) in [6.07, 6.45) is -2.75. The lowest BCUT2D eigenvalue weighted by Gasteiger charge is -2.42. The van der Waals surface area contributed by atoms with Crippen molar-refractivity contribution in [2.75, 3.05) is 26.8 Å². The topological polar surface area (TPSA) is 34.1 Å². The Hall–Kier alpha value is -2.45. The summed E-state index contributed by atoms with van der Waals surface area (Å²) >= 11 is 0. The van der Waals surface area contributed by atoms with Crippen molar-refractivity contribution in [3.8, 4) is 0 Å². The van der Waals surface area contributed by atoms with Crippen molar-refractivity contribution in [3.05, 3.63) is 64.5 Å². The molecule has 1 fully saturated rings. The van der Waals surface area contributed by atoms with Gasteiger partial charge in [0.1, 0.15) is 11.4 Å². The van der Waals surface area contributed by atoms with Gasteiger partial charge in [-0.2, -0.15) is 13.2 Å². The van der Waals surface area contributed by atoms with Gasteiger partial charge in [-0.25, -0.2) is 9.38 Å². The van der Waals surface area contributed by atoms with E-state index in [1.165, 1.54) is 18.2 Å². The Morgan fingerprint density at radius 2 is 1.87 bits per heavy atom. The van der Waals surface area contributed by atoms with Crippen molar-refractivity contribution in [1.82, 2.24) is 4.90 Å². The Kier molecular flexibility index (Phi) is 6.47. The van der Waals surface area contributed by atoms with Gasteiger partial charge >= 0.3 is 6.18 Å². The summed E-state index contributed by atoms with van der Waals surface area (Å²) in [4.78, 5) is 6.20. The van der Waals surface area contributed by atoms with Crippen LogP contribution in [0.1, 0.15) is 29.2 Å². The quantitative estimate of drug-likeness (QED) is 0.348. The first-order chi connectivity index (χ1) is 14.1. The zero-order valence-electron chi connectivity index (χ0n) is 17.1. The van der Waals surface area contributed by atoms with Crippen molar-refractivity contribution in [2.45, 2.75) is 32.2 Å². The van der Waals surface area contributed by atoms with Gasteiger partial charge in [0.25, 0.3) is 0 Å². The lowest BCUT2D eigenvalue weighted by molar-refractivity contribution is -0.224. The molecular weight excluding hydrogens is 400 g/mol. The molecule has 4 nitrogen and oxygen atoms in total. The maximum atomic E-state index is 14.9. The van der Waals surface area contributed by atoms with Crippen LogP contribution in [0.15, 0.2) is 41.4 Å². The largest absolute Gasteiger partial charge is 0.416 e. The van der Waals surface area contributed by atoms with Crippen LogP contribution < -0.4 is 0 Å². The smallest absolute Gasteiger partial charge is 0.375 e. The molecule has 2 aromatic carbocycles. The van der Waals surface area contributed by atoms with Gasteiger partial charge in [-0.3, -0.25) is 0 Å². The fourth-order valence-electron chi connectivity index (χ4n) is 3.02. The zero-order valence-corrected chi connectivity index (χ0v) is 17.1. The number of alkyl halides is 3. The number of hydrogen-bond donors (Lipinski definition) is 0. The van der Waals surface area contributed by atoms with Gasteiger partial charge in [-0.05, 0) is 43.2 Å². The summed E-state index contributed by atoms with van der Waals surface area (Å²) in [6, 6.07) is 7.80. The molecule has 0 saturated carbocycles. The van der Waals surface area contributed by atoms with Crippen LogP contribution in [0.3, 0.4) is 0 Å². The molecule has 0 bridgehead atoms. The highest BCUT2D eigenvalue weighted by atomic mass is 19.4. The van der Waals surface area contributed by atoms with Crippen LogP contribution in [0.5, 0.6) is 0 Å². The molecular formula is C22H24F4N2O2. The maximum absolute atomic E-state index is 14.9. The lowest BCUT2D eigenvalue weighted by Crippen LogP contribution is -2.49. The molecule has 0 N–H and O–H groups in total. The van der Waals surface area contributed by atoms with Gasteiger partial charge in [-0.1, -0.05) is 12.1 Å². The van der Waals surface area contributed by atoms with Crippen molar-refractivity contribution in [1.29, 1.82) is 0 Å². The normalized spacial score (nSPS) is 16.0. The first-order valence-corrected chi connectivity index (χ1v) is 9.57. The molecule has 1 aliphatic rings. The van der Waals surface area contributed by atoms with Crippen molar-refractivity contribution >= 4 is 12.0 Å². The first-order valence-electron chi connectivity index (χ1n) is 9.57. The van der Waals surface area contributed by atoms with Crippen LogP contribution in [0.4, 0.5) is 23.2 Å². The molecule has 8 heteroatoms. The number of ether oxygens (including phenoxy) is 2. The molecule has 0 aromatic heterocycles. The summed E-state index contributed by atoms with van der Waals surface area (Å²) in [5.41, 5.74) is 0.543. The minimum atomic E-state index is -4.39. The van der Waals surface area contributed by atoms with E-state index in [0.29, 0.717) is 16.8 Å². The molecule has 30 heavy (non-hydrogen) atoms. The lowest BCUT2D eigenvalue weighted by atomic mass is 9.89. The summed E-state index contributed by atoms with van der Waals surface area (Å²) in [7, 11) is 1.87. The number of benzene rings is 2. The van der Waals surface area contributed by atoms with Gasteiger partial charge in [0, 0.05) is 25.2 Å². The minimum Gasteiger partial charge on any atom is -0.375 e. The SMILES string of the molecule is CCN(C)C=Nc1cc(F)c(C2(OCc3ccc(C(F)(F)F)cc3)COC2)cc1C. The van der Waals surface area contributed by atoms with E-state index in [4.69, 9.17) is 9.47 Å². The van der Waals surface area contributed by atoms with E-state index in [1.54, 1.807) is 12.4 Å². The van der Waals surface area contributed by atoms with Crippen LogP contribution in [0, 0.1) is 12.7 Å². The summed E-state index contributed by atoms with van der Waals surface area (Å²) in [5, 5.41) is 0. The van der Waals surface area contributed by atoms with Gasteiger partial charge in [-0.15, -0.1) is 0 Å². The van der Waals surface area contributed by atoms with Crippen LogP contribution in [-0.2, 0) is 27.9 Å². The Balaban J connectivity index is 1.78. The number of nitrogens with zero attached hydrogens (tertiary/aromatic N) is 2. The molecule has 0 unspecified atom stereocenters. The highest BCUT2D eigenvalue weighted by molar-refractivity contribution is 5.63. The van der Waals surface area contributed by atoms with Gasteiger partial charge in [0.15, 0.2) is 0 Å². The molecule has 1 aliphatic heterocycles. The Labute approximate surface area is 173 Å². The first kappa shape index (κ1) is 22.2. The highest BCUT2D eigenvalue weighted by Gasteiger charge is 2.44. The van der Waals surface area contributed by atoms with E-state index in [2.05, 4.69) is 4.99 Å². The van der Waals surface area contributed by atoms with Gasteiger partial charge in [0.2, 0.25) is 0 Å². The number of aliphatic imine (C=N–C) groups is 1. The molecule has 1 heterocycles. The molecule has 0 atom stereocenters. The molecule has 0 spiro atoms. The second-order valence-electron chi connectivity index (χ2n) is 7.41. The van der Waals surface area contributed by atoms with Crippen LogP contribution >= 0.6 is 0 Å². The Morgan fingerprint density at radius 1 is 1.20 bits per heavy atom. The van der Waals surface area contributed by atoms with Gasteiger partial charge < -0.3 is 14.4 Å². The summed E-state index contributed by atoms with van der Waals surface area (Å²) < 4.78 is 64.3. The Bertz CT molecular complexity index is 907. The van der Waals surface area contributed by atoms with Crippen LogP contribution in [0.25, 0.3) is 0 Å². The van der Waals surface area contributed by atoms with E-state index in [0.717, 1.165) is 24.2 Å². The van der Waals surface area contributed by atoms with Crippen LogP contribution in [-0.4, -0.2) is 38.0 Å². The third-order valence-corrected chi connectivity index (χ3v) is 5.14. The number of halogens is 4. The van der Waals surface area contributed by atoms with Crippen molar-refractivity contribution in [3.63, 3.8) is 0 Å². The van der Waals surface area contributed by atoms with Crippen LogP contribution in [0.2, 0.25) is 0 Å². The van der Waals surface area contributed by atoms with Crippen molar-refractivity contribution < 1.29 is 27.0 Å². The minimum absolute atomic E-state index is 0.0428. The Morgan fingerprint density at radius 3 is 2.40 bits per heavy atom. The molecule has 3 rings (SSSR count). The predicted molar refractivity (Wildman–Crippen MR) is 106 cm³/mol. The number of aryl methyl sites for hydroxylation is 1. The van der Waals surface area contributed by atoms with Crippen molar-refractivity contribution in [2.24, 2.45) is 4.99 Å². The fraction of sp³-hybridized carbons (Fsp3) is 0.409. The predicted octanol–water partition coefficient (Wildman–Crippen LogP) is 5.21. The average molecular weight is 424 g/mol. The number of rotatable bonds is 7. The highest BCUT2D eigenvalue weighted by Crippen LogP contribution is 2.39. The molecule has 2 aromatic rings. The van der Waals surface area contributed by atoms with E-state index in [1.807, 2.05) is 25.8 Å². The third-order valence-electron chi connectivity index (χ3n) is 5.14. The maximum Gasteiger partial charge on any atom is 0.416 e. The van der Waals surface area contributed by atoms with E-state index < -0.39 is 23.2 Å². The summed E-state index contributed by atoms with van der Waals surface area (Å²) in [5.74, 6) is -0.456. The second-order valence-corrected chi connectivity index (χ2v) is 7.41. The molecule has 162 valence electrons. The molecule has 0 amide bonds. The molecule has 1 saturated heterocycles. The molecule has 0 radical (unpaired) electrons.